The summed E-state index contributed by atoms with van der Waals surface area (Å²) in [6.45, 7) is 3.26. The number of nitrogens with zero attached hydrogens (tertiary/aromatic N) is 3. The van der Waals surface area contributed by atoms with Crippen molar-refractivity contribution in [3.63, 3.8) is 0 Å². The van der Waals surface area contributed by atoms with Crippen molar-refractivity contribution < 1.29 is 4.79 Å². The molecule has 1 aromatic heterocycles. The summed E-state index contributed by atoms with van der Waals surface area (Å²) in [5, 5.41) is 0. The first-order chi connectivity index (χ1) is 9.70. The summed E-state index contributed by atoms with van der Waals surface area (Å²) in [5.74, 6) is -0.0603. The maximum Gasteiger partial charge on any atom is 0.257 e. The van der Waals surface area contributed by atoms with Crippen LogP contribution in [-0.4, -0.2) is 27.3 Å². The fourth-order valence-electron chi connectivity index (χ4n) is 2.03. The smallest absolute Gasteiger partial charge is 0.257 e. The Morgan fingerprint density at radius 1 is 1.30 bits per heavy atom. The molecule has 1 amide bonds. The predicted octanol–water partition coefficient (Wildman–Crippen LogP) is 2.11. The summed E-state index contributed by atoms with van der Waals surface area (Å²) in [7, 11) is 0. The van der Waals surface area contributed by atoms with Gasteiger partial charge in [0.05, 0.1) is 5.56 Å². The summed E-state index contributed by atoms with van der Waals surface area (Å²) in [6, 6.07) is 7.58. The van der Waals surface area contributed by atoms with Crippen molar-refractivity contribution in [3.05, 3.63) is 54.1 Å². The lowest BCUT2D eigenvalue weighted by atomic mass is 10.1. The Balaban J connectivity index is 2.17. The van der Waals surface area contributed by atoms with Crippen LogP contribution in [-0.2, 0) is 6.54 Å². The summed E-state index contributed by atoms with van der Waals surface area (Å²) in [4.78, 5) is 22.0. The van der Waals surface area contributed by atoms with Gasteiger partial charge in [-0.25, -0.2) is 9.97 Å². The summed E-state index contributed by atoms with van der Waals surface area (Å²) < 4.78 is 0. The zero-order valence-electron chi connectivity index (χ0n) is 11.5. The van der Waals surface area contributed by atoms with Crippen molar-refractivity contribution in [3.8, 4) is 0 Å². The van der Waals surface area contributed by atoms with Crippen LogP contribution in [0, 0.1) is 0 Å². The van der Waals surface area contributed by atoms with E-state index in [2.05, 4.69) is 9.97 Å². The molecule has 20 heavy (non-hydrogen) atoms. The molecular weight excluding hydrogens is 252 g/mol. The van der Waals surface area contributed by atoms with Gasteiger partial charge < -0.3 is 10.6 Å². The molecule has 1 heterocycles. The molecule has 0 saturated carbocycles. The van der Waals surface area contributed by atoms with E-state index >= 15 is 0 Å². The standard InChI is InChI=1S/C15H18N4O/c1-2-6-19(10-12-4-3-5-14(16)7-12)15(20)13-8-17-11-18-9-13/h3-5,7-9,11H,2,6,10,16H2,1H3. The van der Waals surface area contributed by atoms with E-state index in [4.69, 9.17) is 5.73 Å². The largest absolute Gasteiger partial charge is 0.399 e. The van der Waals surface area contributed by atoms with Gasteiger partial charge in [0, 0.05) is 31.2 Å². The molecule has 0 atom stereocenters. The molecule has 0 fully saturated rings. The van der Waals surface area contributed by atoms with Gasteiger partial charge in [0.2, 0.25) is 0 Å². The van der Waals surface area contributed by atoms with E-state index in [-0.39, 0.29) is 5.91 Å². The van der Waals surface area contributed by atoms with Crippen molar-refractivity contribution >= 4 is 11.6 Å². The second-order valence-corrected chi connectivity index (χ2v) is 4.60. The van der Waals surface area contributed by atoms with Gasteiger partial charge in [-0.15, -0.1) is 0 Å². The normalized spacial score (nSPS) is 10.2. The Bertz CT molecular complexity index is 571. The number of hydrogen-bond acceptors (Lipinski definition) is 4. The van der Waals surface area contributed by atoms with Gasteiger partial charge in [-0.2, -0.15) is 0 Å². The lowest BCUT2D eigenvalue weighted by molar-refractivity contribution is 0.0742. The molecule has 5 nitrogen and oxygen atoms in total. The minimum Gasteiger partial charge on any atom is -0.399 e. The number of benzene rings is 1. The molecule has 0 aliphatic rings. The first-order valence-corrected chi connectivity index (χ1v) is 6.59. The highest BCUT2D eigenvalue weighted by Crippen LogP contribution is 2.12. The second-order valence-electron chi connectivity index (χ2n) is 4.60. The van der Waals surface area contributed by atoms with Gasteiger partial charge in [0.15, 0.2) is 0 Å². The first kappa shape index (κ1) is 14.0. The topological polar surface area (TPSA) is 72.1 Å². The number of rotatable bonds is 5. The zero-order chi connectivity index (χ0) is 14.4. The molecule has 0 spiro atoms. The lowest BCUT2D eigenvalue weighted by Crippen LogP contribution is -2.31. The fourth-order valence-corrected chi connectivity index (χ4v) is 2.03. The zero-order valence-corrected chi connectivity index (χ0v) is 11.5. The molecule has 2 N–H and O–H groups in total. The molecule has 5 heteroatoms. The number of nitrogen functional groups attached to an aromatic ring is 1. The number of carbonyl (C=O) groups is 1. The van der Waals surface area contributed by atoms with E-state index in [1.807, 2.05) is 31.2 Å². The number of anilines is 1. The van der Waals surface area contributed by atoms with Gasteiger partial charge in [-0.1, -0.05) is 19.1 Å². The quantitative estimate of drug-likeness (QED) is 0.845. The van der Waals surface area contributed by atoms with Gasteiger partial charge >= 0.3 is 0 Å². The number of amides is 1. The van der Waals surface area contributed by atoms with Crippen LogP contribution in [0.15, 0.2) is 43.0 Å². The minimum absolute atomic E-state index is 0.0603. The lowest BCUT2D eigenvalue weighted by Gasteiger charge is -2.22. The number of nitrogens with two attached hydrogens (primary N) is 1. The van der Waals surface area contributed by atoms with Gasteiger partial charge in [-0.3, -0.25) is 4.79 Å². The van der Waals surface area contributed by atoms with Crippen molar-refractivity contribution in [2.45, 2.75) is 19.9 Å². The highest BCUT2D eigenvalue weighted by Gasteiger charge is 2.15. The van der Waals surface area contributed by atoms with Crippen LogP contribution in [0.4, 0.5) is 5.69 Å². The van der Waals surface area contributed by atoms with E-state index in [9.17, 15) is 4.79 Å². The van der Waals surface area contributed by atoms with Crippen LogP contribution in [0.5, 0.6) is 0 Å². The Hall–Kier alpha value is -2.43. The van der Waals surface area contributed by atoms with Gasteiger partial charge in [-0.05, 0) is 24.1 Å². The van der Waals surface area contributed by atoms with Gasteiger partial charge in [0.1, 0.15) is 6.33 Å². The molecule has 0 aliphatic carbocycles. The number of hydrogen-bond donors (Lipinski definition) is 1. The van der Waals surface area contributed by atoms with Crippen LogP contribution < -0.4 is 5.73 Å². The van der Waals surface area contributed by atoms with Crippen LogP contribution in [0.3, 0.4) is 0 Å². The van der Waals surface area contributed by atoms with E-state index in [0.717, 1.165) is 12.0 Å². The van der Waals surface area contributed by atoms with Crippen LogP contribution >= 0.6 is 0 Å². The highest BCUT2D eigenvalue weighted by molar-refractivity contribution is 5.93. The third-order valence-corrected chi connectivity index (χ3v) is 2.91. The Kier molecular flexibility index (Phi) is 4.65. The molecule has 0 aliphatic heterocycles. The molecule has 2 rings (SSSR count). The SMILES string of the molecule is CCCN(Cc1cccc(N)c1)C(=O)c1cncnc1. The summed E-state index contributed by atoms with van der Waals surface area (Å²) >= 11 is 0. The van der Waals surface area contributed by atoms with E-state index in [1.165, 1.54) is 18.7 Å². The molecule has 0 bridgehead atoms. The Morgan fingerprint density at radius 2 is 2.05 bits per heavy atom. The van der Waals surface area contributed by atoms with Crippen molar-refractivity contribution in [1.29, 1.82) is 0 Å². The van der Waals surface area contributed by atoms with Gasteiger partial charge in [0.25, 0.3) is 5.91 Å². The number of aromatic nitrogens is 2. The van der Waals surface area contributed by atoms with Crippen LogP contribution in [0.25, 0.3) is 0 Å². The second kappa shape index (κ2) is 6.65. The maximum atomic E-state index is 12.4. The van der Waals surface area contributed by atoms with Crippen LogP contribution in [0.1, 0.15) is 29.3 Å². The molecule has 0 radical (unpaired) electrons. The number of carbonyl (C=O) groups excluding carboxylic acids is 1. The fraction of sp³-hybridized carbons (Fsp3) is 0.267. The monoisotopic (exact) mass is 270 g/mol. The minimum atomic E-state index is -0.0603. The predicted molar refractivity (Wildman–Crippen MR) is 77.9 cm³/mol. The molecule has 1 aromatic carbocycles. The summed E-state index contributed by atoms with van der Waals surface area (Å²) in [6.07, 6.45) is 5.38. The average Bonchev–Trinajstić information content (AvgIpc) is 2.47. The Labute approximate surface area is 118 Å². The van der Waals surface area contributed by atoms with Crippen molar-refractivity contribution in [1.82, 2.24) is 14.9 Å². The molecule has 104 valence electrons. The van der Waals surface area contributed by atoms with E-state index < -0.39 is 0 Å². The molecule has 2 aromatic rings. The Morgan fingerprint density at radius 3 is 2.70 bits per heavy atom. The van der Waals surface area contributed by atoms with Crippen LogP contribution in [0.2, 0.25) is 0 Å². The third-order valence-electron chi connectivity index (χ3n) is 2.91. The first-order valence-electron chi connectivity index (χ1n) is 6.59. The molecule has 0 unspecified atom stereocenters. The van der Waals surface area contributed by atoms with Crippen molar-refractivity contribution in [2.75, 3.05) is 12.3 Å². The third kappa shape index (κ3) is 3.54. The molecule has 0 saturated heterocycles. The van der Waals surface area contributed by atoms with E-state index in [0.29, 0.717) is 24.3 Å². The van der Waals surface area contributed by atoms with Crippen molar-refractivity contribution in [2.24, 2.45) is 0 Å². The average molecular weight is 270 g/mol. The molecular formula is C15H18N4O. The maximum absolute atomic E-state index is 12.4. The van der Waals surface area contributed by atoms with E-state index in [1.54, 1.807) is 4.90 Å². The highest BCUT2D eigenvalue weighted by atomic mass is 16.2. The summed E-state index contributed by atoms with van der Waals surface area (Å²) in [5.41, 5.74) is 8.00.